The Morgan fingerprint density at radius 1 is 1.10 bits per heavy atom. The molecular formula is C17H28N2O. The maximum atomic E-state index is 12.0. The molecule has 3 heteroatoms. The molecule has 0 bridgehead atoms. The predicted octanol–water partition coefficient (Wildman–Crippen LogP) is 2.89. The van der Waals surface area contributed by atoms with Crippen molar-refractivity contribution in [1.29, 1.82) is 0 Å². The van der Waals surface area contributed by atoms with Crippen LogP contribution in [0.3, 0.4) is 0 Å². The van der Waals surface area contributed by atoms with Gasteiger partial charge in [0.1, 0.15) is 0 Å². The zero-order valence-corrected chi connectivity index (χ0v) is 12.9. The number of benzene rings is 1. The maximum Gasteiger partial charge on any atom is 0.237 e. The average Bonchev–Trinajstić information content (AvgIpc) is 2.43. The fourth-order valence-electron chi connectivity index (χ4n) is 2.10. The van der Waals surface area contributed by atoms with E-state index >= 15 is 0 Å². The highest BCUT2D eigenvalue weighted by Gasteiger charge is 2.15. The van der Waals surface area contributed by atoms with Crippen LogP contribution in [0.2, 0.25) is 0 Å². The molecule has 1 rings (SSSR count). The number of hydrogen-bond acceptors (Lipinski definition) is 2. The third kappa shape index (κ3) is 6.71. The van der Waals surface area contributed by atoms with Crippen molar-refractivity contribution in [1.82, 2.24) is 5.32 Å². The first-order valence-electron chi connectivity index (χ1n) is 7.59. The smallest absolute Gasteiger partial charge is 0.237 e. The lowest BCUT2D eigenvalue weighted by molar-refractivity contribution is -0.123. The Kier molecular flexibility index (Phi) is 7.31. The number of amides is 1. The van der Waals surface area contributed by atoms with Crippen molar-refractivity contribution in [3.05, 3.63) is 35.9 Å². The van der Waals surface area contributed by atoms with Gasteiger partial charge in [-0.15, -0.1) is 0 Å². The van der Waals surface area contributed by atoms with E-state index in [1.807, 2.05) is 25.1 Å². The van der Waals surface area contributed by atoms with Crippen molar-refractivity contribution < 1.29 is 4.79 Å². The molecule has 112 valence electrons. The number of aryl methyl sites for hydroxylation is 1. The lowest BCUT2D eigenvalue weighted by Crippen LogP contribution is -2.44. The minimum absolute atomic E-state index is 0.0304. The summed E-state index contributed by atoms with van der Waals surface area (Å²) in [6.45, 7) is 6.43. The Labute approximate surface area is 122 Å². The first-order chi connectivity index (χ1) is 9.49. The normalized spacial score (nSPS) is 14.1. The predicted molar refractivity (Wildman–Crippen MR) is 84.4 cm³/mol. The molecule has 1 aromatic rings. The van der Waals surface area contributed by atoms with Crippen LogP contribution in [0.4, 0.5) is 0 Å². The van der Waals surface area contributed by atoms with Gasteiger partial charge in [0.25, 0.3) is 0 Å². The summed E-state index contributed by atoms with van der Waals surface area (Å²) >= 11 is 0. The van der Waals surface area contributed by atoms with E-state index in [9.17, 15) is 4.79 Å². The molecule has 0 saturated carbocycles. The highest BCUT2D eigenvalue weighted by Crippen LogP contribution is 2.07. The molecule has 0 radical (unpaired) electrons. The minimum atomic E-state index is -0.420. The van der Waals surface area contributed by atoms with Crippen LogP contribution in [-0.4, -0.2) is 18.0 Å². The Hall–Kier alpha value is -1.35. The Balaban J connectivity index is 2.28. The number of hydrogen-bond donors (Lipinski definition) is 2. The number of nitrogens with one attached hydrogen (secondary N) is 1. The third-order valence-electron chi connectivity index (χ3n) is 3.49. The second kappa shape index (κ2) is 8.75. The number of carbonyl (C=O) groups excluding carboxylic acids is 1. The first kappa shape index (κ1) is 16.7. The van der Waals surface area contributed by atoms with Crippen LogP contribution >= 0.6 is 0 Å². The van der Waals surface area contributed by atoms with Gasteiger partial charge in [0.15, 0.2) is 0 Å². The summed E-state index contributed by atoms with van der Waals surface area (Å²) in [5, 5.41) is 3.01. The summed E-state index contributed by atoms with van der Waals surface area (Å²) in [5.41, 5.74) is 7.18. The second-order valence-corrected chi connectivity index (χ2v) is 6.01. The van der Waals surface area contributed by atoms with Crippen LogP contribution < -0.4 is 11.1 Å². The SMILES string of the molecule is CC(C)CCC(C)NC(=O)[C@@H](N)CCc1ccccc1. The molecule has 0 heterocycles. The van der Waals surface area contributed by atoms with E-state index in [2.05, 4.69) is 31.3 Å². The zero-order chi connectivity index (χ0) is 15.0. The largest absolute Gasteiger partial charge is 0.352 e. The Morgan fingerprint density at radius 3 is 2.35 bits per heavy atom. The van der Waals surface area contributed by atoms with Crippen molar-refractivity contribution in [3.63, 3.8) is 0 Å². The molecule has 0 fully saturated rings. The van der Waals surface area contributed by atoms with Gasteiger partial charge in [-0.3, -0.25) is 4.79 Å². The highest BCUT2D eigenvalue weighted by atomic mass is 16.2. The van der Waals surface area contributed by atoms with Gasteiger partial charge in [-0.1, -0.05) is 44.2 Å². The number of rotatable bonds is 8. The van der Waals surface area contributed by atoms with Crippen molar-refractivity contribution in [2.75, 3.05) is 0 Å². The van der Waals surface area contributed by atoms with Gasteiger partial charge in [0, 0.05) is 6.04 Å². The van der Waals surface area contributed by atoms with Gasteiger partial charge in [-0.25, -0.2) is 0 Å². The third-order valence-corrected chi connectivity index (χ3v) is 3.49. The van der Waals surface area contributed by atoms with Crippen molar-refractivity contribution in [3.8, 4) is 0 Å². The Bertz CT molecular complexity index is 389. The molecule has 0 aliphatic heterocycles. The summed E-state index contributed by atoms with van der Waals surface area (Å²) in [6.07, 6.45) is 3.66. The van der Waals surface area contributed by atoms with Crippen molar-refractivity contribution in [2.24, 2.45) is 11.7 Å². The molecular weight excluding hydrogens is 248 g/mol. The summed E-state index contributed by atoms with van der Waals surface area (Å²) in [5.74, 6) is 0.637. The molecule has 3 N–H and O–H groups in total. The molecule has 20 heavy (non-hydrogen) atoms. The quantitative estimate of drug-likeness (QED) is 0.767. The van der Waals surface area contributed by atoms with Crippen LogP contribution in [0.25, 0.3) is 0 Å². The zero-order valence-electron chi connectivity index (χ0n) is 12.9. The summed E-state index contributed by atoms with van der Waals surface area (Å²) in [6, 6.07) is 9.92. The minimum Gasteiger partial charge on any atom is -0.352 e. The molecule has 2 atom stereocenters. The topological polar surface area (TPSA) is 55.1 Å². The molecule has 0 spiro atoms. The second-order valence-electron chi connectivity index (χ2n) is 6.01. The molecule has 1 unspecified atom stereocenters. The maximum absolute atomic E-state index is 12.0. The number of carbonyl (C=O) groups is 1. The van der Waals surface area contributed by atoms with E-state index in [1.165, 1.54) is 5.56 Å². The lowest BCUT2D eigenvalue weighted by atomic mass is 10.0. The van der Waals surface area contributed by atoms with Gasteiger partial charge >= 0.3 is 0 Å². The molecule has 0 aromatic heterocycles. The van der Waals surface area contributed by atoms with Crippen LogP contribution in [0, 0.1) is 5.92 Å². The summed E-state index contributed by atoms with van der Waals surface area (Å²) in [4.78, 5) is 12.0. The van der Waals surface area contributed by atoms with E-state index in [-0.39, 0.29) is 11.9 Å². The first-order valence-corrected chi connectivity index (χ1v) is 7.59. The van der Waals surface area contributed by atoms with Gasteiger partial charge in [0.2, 0.25) is 5.91 Å². The van der Waals surface area contributed by atoms with Crippen LogP contribution in [0.15, 0.2) is 30.3 Å². The van der Waals surface area contributed by atoms with E-state index in [1.54, 1.807) is 0 Å². The van der Waals surface area contributed by atoms with Gasteiger partial charge in [-0.05, 0) is 44.1 Å². The van der Waals surface area contributed by atoms with Gasteiger partial charge in [-0.2, -0.15) is 0 Å². The Morgan fingerprint density at radius 2 is 1.75 bits per heavy atom. The molecule has 0 saturated heterocycles. The highest BCUT2D eigenvalue weighted by molar-refractivity contribution is 5.81. The summed E-state index contributed by atoms with van der Waals surface area (Å²) in [7, 11) is 0. The molecule has 0 aliphatic carbocycles. The van der Waals surface area contributed by atoms with Crippen molar-refractivity contribution >= 4 is 5.91 Å². The van der Waals surface area contributed by atoms with Gasteiger partial charge < -0.3 is 11.1 Å². The standard InChI is InChI=1S/C17H28N2O/c1-13(2)9-10-14(3)19-17(20)16(18)12-11-15-7-5-4-6-8-15/h4-8,13-14,16H,9-12,18H2,1-3H3,(H,19,20)/t14?,16-/m0/s1. The molecule has 1 aromatic carbocycles. The van der Waals surface area contributed by atoms with Crippen LogP contribution in [0.5, 0.6) is 0 Å². The van der Waals surface area contributed by atoms with E-state index < -0.39 is 6.04 Å². The molecule has 0 aliphatic rings. The monoisotopic (exact) mass is 276 g/mol. The van der Waals surface area contributed by atoms with E-state index in [4.69, 9.17) is 5.73 Å². The molecule has 1 amide bonds. The number of nitrogens with two attached hydrogens (primary N) is 1. The average molecular weight is 276 g/mol. The lowest BCUT2D eigenvalue weighted by Gasteiger charge is -2.18. The summed E-state index contributed by atoms with van der Waals surface area (Å²) < 4.78 is 0. The molecule has 3 nitrogen and oxygen atoms in total. The van der Waals surface area contributed by atoms with Crippen LogP contribution in [0.1, 0.15) is 45.6 Å². The fourth-order valence-corrected chi connectivity index (χ4v) is 2.10. The van der Waals surface area contributed by atoms with E-state index in [0.717, 1.165) is 19.3 Å². The fraction of sp³-hybridized carbons (Fsp3) is 0.588. The van der Waals surface area contributed by atoms with E-state index in [0.29, 0.717) is 12.3 Å². The van der Waals surface area contributed by atoms with Crippen molar-refractivity contribution in [2.45, 2.75) is 58.5 Å². The van der Waals surface area contributed by atoms with Gasteiger partial charge in [0.05, 0.1) is 6.04 Å². The van der Waals surface area contributed by atoms with Crippen LogP contribution in [-0.2, 0) is 11.2 Å².